The number of ether oxygens (including phenoxy) is 2. The molecule has 0 amide bonds. The van der Waals surface area contributed by atoms with Crippen LogP contribution in [0.4, 0.5) is 5.69 Å². The van der Waals surface area contributed by atoms with Gasteiger partial charge in [-0.1, -0.05) is 6.07 Å². The van der Waals surface area contributed by atoms with E-state index in [1.54, 1.807) is 7.11 Å². The molecule has 0 bridgehead atoms. The van der Waals surface area contributed by atoms with E-state index >= 15 is 0 Å². The average molecular weight is 292 g/mol. The Hall–Kier alpha value is -1.79. The molecule has 1 atom stereocenters. The predicted molar refractivity (Wildman–Crippen MR) is 85.0 cm³/mol. The minimum Gasteiger partial charge on any atom is -0.497 e. The molecule has 1 heterocycles. The third-order valence-electron chi connectivity index (χ3n) is 3.54. The zero-order valence-electron chi connectivity index (χ0n) is 12.7. The number of nitrogens with two attached hydrogens (primary N) is 1. The van der Waals surface area contributed by atoms with Gasteiger partial charge in [0.2, 0.25) is 0 Å². The Bertz CT molecular complexity index is 472. The van der Waals surface area contributed by atoms with Crippen molar-refractivity contribution in [1.29, 1.82) is 0 Å². The van der Waals surface area contributed by atoms with Crippen LogP contribution in [-0.2, 0) is 4.74 Å². The van der Waals surface area contributed by atoms with Crippen LogP contribution in [0.3, 0.4) is 0 Å². The van der Waals surface area contributed by atoms with Gasteiger partial charge in [0.15, 0.2) is 5.96 Å². The van der Waals surface area contributed by atoms with E-state index in [4.69, 9.17) is 15.2 Å². The summed E-state index contributed by atoms with van der Waals surface area (Å²) in [4.78, 5) is 6.78. The maximum atomic E-state index is 5.93. The van der Waals surface area contributed by atoms with Gasteiger partial charge in [0.1, 0.15) is 5.75 Å². The van der Waals surface area contributed by atoms with E-state index in [1.807, 2.05) is 24.3 Å². The Balaban J connectivity index is 1.85. The largest absolute Gasteiger partial charge is 0.497 e. The minimum atomic E-state index is 0.361. The highest BCUT2D eigenvalue weighted by molar-refractivity contribution is 5.92. The van der Waals surface area contributed by atoms with Gasteiger partial charge >= 0.3 is 0 Å². The molecule has 21 heavy (non-hydrogen) atoms. The number of hydrogen-bond acceptors (Lipinski definition) is 4. The van der Waals surface area contributed by atoms with Crippen molar-refractivity contribution in [3.8, 4) is 5.75 Å². The first kappa shape index (κ1) is 15.6. The van der Waals surface area contributed by atoms with Crippen LogP contribution in [0, 0.1) is 0 Å². The van der Waals surface area contributed by atoms with Crippen molar-refractivity contribution in [3.05, 3.63) is 24.3 Å². The van der Waals surface area contributed by atoms with Gasteiger partial charge in [-0.05, 0) is 19.1 Å². The number of benzene rings is 1. The second-order valence-electron chi connectivity index (χ2n) is 5.08. The standard InChI is InChI=1S/C15H24N4O2/c1-12(19-6-8-21-9-7-19)11-17-15(16)18-13-4-3-5-14(10-13)20-2/h3-5,10,12H,6-9,11H2,1-2H3,(H3,16,17,18). The van der Waals surface area contributed by atoms with E-state index in [-0.39, 0.29) is 0 Å². The fraction of sp³-hybridized carbons (Fsp3) is 0.533. The number of morpholine rings is 1. The normalized spacial score (nSPS) is 18.3. The maximum absolute atomic E-state index is 5.93. The average Bonchev–Trinajstić information content (AvgIpc) is 2.53. The van der Waals surface area contributed by atoms with Crippen molar-refractivity contribution in [2.24, 2.45) is 10.7 Å². The Kier molecular flexibility index (Phi) is 5.83. The number of nitrogens with one attached hydrogen (secondary N) is 1. The van der Waals surface area contributed by atoms with E-state index in [2.05, 4.69) is 22.1 Å². The van der Waals surface area contributed by atoms with Gasteiger partial charge in [0.05, 0.1) is 26.9 Å². The lowest BCUT2D eigenvalue weighted by Crippen LogP contribution is -2.43. The van der Waals surface area contributed by atoms with Crippen LogP contribution in [0.15, 0.2) is 29.3 Å². The minimum absolute atomic E-state index is 0.361. The van der Waals surface area contributed by atoms with Crippen molar-refractivity contribution in [3.63, 3.8) is 0 Å². The third kappa shape index (κ3) is 4.91. The predicted octanol–water partition coefficient (Wildman–Crippen LogP) is 1.14. The number of nitrogens with zero attached hydrogens (tertiary/aromatic N) is 2. The number of guanidine groups is 1. The van der Waals surface area contributed by atoms with Crippen molar-refractivity contribution in [2.45, 2.75) is 13.0 Å². The van der Waals surface area contributed by atoms with Crippen LogP contribution in [-0.4, -0.2) is 56.9 Å². The molecule has 0 saturated carbocycles. The first-order valence-corrected chi connectivity index (χ1v) is 7.22. The Morgan fingerprint density at radius 1 is 1.48 bits per heavy atom. The molecule has 1 aromatic carbocycles. The van der Waals surface area contributed by atoms with Gasteiger partial charge in [-0.15, -0.1) is 0 Å². The van der Waals surface area contributed by atoms with Crippen LogP contribution in [0.2, 0.25) is 0 Å². The Labute approximate surface area is 125 Å². The monoisotopic (exact) mass is 292 g/mol. The summed E-state index contributed by atoms with van der Waals surface area (Å²) in [6.07, 6.45) is 0. The third-order valence-corrected chi connectivity index (χ3v) is 3.54. The quantitative estimate of drug-likeness (QED) is 0.629. The summed E-state index contributed by atoms with van der Waals surface area (Å²) >= 11 is 0. The second-order valence-corrected chi connectivity index (χ2v) is 5.08. The first-order chi connectivity index (χ1) is 10.2. The molecule has 1 aromatic rings. The fourth-order valence-corrected chi connectivity index (χ4v) is 2.25. The summed E-state index contributed by atoms with van der Waals surface area (Å²) in [5.74, 6) is 1.21. The van der Waals surface area contributed by atoms with Gasteiger partial charge < -0.3 is 20.5 Å². The molecular formula is C15H24N4O2. The van der Waals surface area contributed by atoms with Gasteiger partial charge in [-0.3, -0.25) is 9.89 Å². The number of methoxy groups -OCH3 is 1. The molecule has 1 fully saturated rings. The molecule has 6 heteroatoms. The molecule has 1 aliphatic rings. The zero-order valence-corrected chi connectivity index (χ0v) is 12.7. The Morgan fingerprint density at radius 3 is 2.95 bits per heavy atom. The van der Waals surface area contributed by atoms with Crippen molar-refractivity contribution in [1.82, 2.24) is 4.90 Å². The van der Waals surface area contributed by atoms with E-state index in [1.165, 1.54) is 0 Å². The molecule has 116 valence electrons. The molecule has 0 aromatic heterocycles. The van der Waals surface area contributed by atoms with E-state index in [0.29, 0.717) is 18.5 Å². The summed E-state index contributed by atoms with van der Waals surface area (Å²) in [5.41, 5.74) is 6.80. The van der Waals surface area contributed by atoms with Crippen molar-refractivity contribution in [2.75, 3.05) is 45.3 Å². The summed E-state index contributed by atoms with van der Waals surface area (Å²) in [7, 11) is 1.64. The zero-order chi connectivity index (χ0) is 15.1. The van der Waals surface area contributed by atoms with Crippen LogP contribution >= 0.6 is 0 Å². The van der Waals surface area contributed by atoms with Crippen molar-refractivity contribution < 1.29 is 9.47 Å². The lowest BCUT2D eigenvalue weighted by Gasteiger charge is -2.31. The van der Waals surface area contributed by atoms with Crippen LogP contribution < -0.4 is 15.8 Å². The molecule has 1 unspecified atom stereocenters. The van der Waals surface area contributed by atoms with E-state index < -0.39 is 0 Å². The molecule has 0 spiro atoms. The molecule has 1 aliphatic heterocycles. The summed E-state index contributed by atoms with van der Waals surface area (Å²) in [5, 5.41) is 3.08. The topological polar surface area (TPSA) is 72.1 Å². The summed E-state index contributed by atoms with van der Waals surface area (Å²) in [6.45, 7) is 6.34. The molecule has 1 saturated heterocycles. The van der Waals surface area contributed by atoms with Gasteiger partial charge in [0, 0.05) is 30.9 Å². The number of anilines is 1. The lowest BCUT2D eigenvalue weighted by molar-refractivity contribution is 0.0221. The highest BCUT2D eigenvalue weighted by Crippen LogP contribution is 2.16. The second kappa shape index (κ2) is 7.85. The Morgan fingerprint density at radius 2 is 2.24 bits per heavy atom. The first-order valence-electron chi connectivity index (χ1n) is 7.22. The van der Waals surface area contributed by atoms with E-state index in [0.717, 1.165) is 37.7 Å². The molecule has 6 nitrogen and oxygen atoms in total. The smallest absolute Gasteiger partial charge is 0.193 e. The summed E-state index contributed by atoms with van der Waals surface area (Å²) < 4.78 is 10.5. The SMILES string of the molecule is COc1cccc(NC(N)=NCC(C)N2CCOCC2)c1. The van der Waals surface area contributed by atoms with Crippen LogP contribution in [0.1, 0.15) is 6.92 Å². The van der Waals surface area contributed by atoms with Gasteiger partial charge in [-0.2, -0.15) is 0 Å². The summed E-state index contributed by atoms with van der Waals surface area (Å²) in [6, 6.07) is 7.97. The van der Waals surface area contributed by atoms with Gasteiger partial charge in [-0.25, -0.2) is 0 Å². The van der Waals surface area contributed by atoms with Crippen molar-refractivity contribution >= 4 is 11.6 Å². The fourth-order valence-electron chi connectivity index (χ4n) is 2.25. The van der Waals surface area contributed by atoms with Gasteiger partial charge in [0.25, 0.3) is 0 Å². The van der Waals surface area contributed by atoms with Crippen LogP contribution in [0.5, 0.6) is 5.75 Å². The highest BCUT2D eigenvalue weighted by Gasteiger charge is 2.16. The van der Waals surface area contributed by atoms with Crippen LogP contribution in [0.25, 0.3) is 0 Å². The molecule has 0 aliphatic carbocycles. The molecule has 0 radical (unpaired) electrons. The maximum Gasteiger partial charge on any atom is 0.193 e. The lowest BCUT2D eigenvalue weighted by atomic mass is 10.2. The molecule has 3 N–H and O–H groups in total. The number of aliphatic imine (C=N–C) groups is 1. The number of hydrogen-bond donors (Lipinski definition) is 2. The highest BCUT2D eigenvalue weighted by atomic mass is 16.5. The molecular weight excluding hydrogens is 268 g/mol. The number of rotatable bonds is 5. The molecule has 2 rings (SSSR count). The van der Waals surface area contributed by atoms with E-state index in [9.17, 15) is 0 Å².